The average molecular weight is 246 g/mol. The van der Waals surface area contributed by atoms with E-state index < -0.39 is 6.10 Å². The second kappa shape index (κ2) is 4.08. The summed E-state index contributed by atoms with van der Waals surface area (Å²) in [5, 5.41) is 19.2. The Morgan fingerprint density at radius 2 is 2.28 bits per heavy atom. The van der Waals surface area contributed by atoms with E-state index in [2.05, 4.69) is 9.97 Å². The van der Waals surface area contributed by atoms with Crippen LogP contribution in [-0.4, -0.2) is 37.5 Å². The molecule has 0 aromatic carbocycles. The first kappa shape index (κ1) is 11.2. The average Bonchev–Trinajstić information content (AvgIpc) is 2.93. The molecular weight excluding hydrogens is 232 g/mol. The van der Waals surface area contributed by atoms with Crippen molar-refractivity contribution in [1.82, 2.24) is 14.5 Å². The summed E-state index contributed by atoms with van der Waals surface area (Å²) in [4.78, 5) is 8.20. The van der Waals surface area contributed by atoms with Gasteiger partial charge in [-0.05, 0) is 18.1 Å². The van der Waals surface area contributed by atoms with Gasteiger partial charge in [-0.1, -0.05) is 6.08 Å². The predicted molar refractivity (Wildman–Crippen MR) is 66.8 cm³/mol. The smallest absolute Gasteiger partial charge is 0.151 e. The zero-order chi connectivity index (χ0) is 12.7. The van der Waals surface area contributed by atoms with Crippen molar-refractivity contribution in [1.29, 1.82) is 0 Å². The maximum absolute atomic E-state index is 10.0. The molecule has 1 aliphatic carbocycles. The molecule has 2 aromatic heterocycles. The van der Waals surface area contributed by atoms with Crippen molar-refractivity contribution in [2.45, 2.75) is 18.6 Å². The molecule has 0 spiro atoms. The fourth-order valence-corrected chi connectivity index (χ4v) is 2.41. The van der Waals surface area contributed by atoms with Gasteiger partial charge in [0.05, 0.1) is 30.6 Å². The van der Waals surface area contributed by atoms with Gasteiger partial charge in [0.25, 0.3) is 0 Å². The summed E-state index contributed by atoms with van der Waals surface area (Å²) in [7, 11) is 0. The lowest BCUT2D eigenvalue weighted by molar-refractivity contribution is 0.144. The van der Waals surface area contributed by atoms with Gasteiger partial charge in [0.15, 0.2) is 5.82 Å². The topological polar surface area (TPSA) is 97.2 Å². The fraction of sp³-hybridized carbons (Fsp3) is 0.333. The zero-order valence-corrected chi connectivity index (χ0v) is 9.69. The van der Waals surface area contributed by atoms with Crippen LogP contribution in [-0.2, 0) is 0 Å². The molecule has 0 fully saturated rings. The molecule has 4 N–H and O–H groups in total. The molecule has 1 aliphatic rings. The second-order valence-corrected chi connectivity index (χ2v) is 4.46. The van der Waals surface area contributed by atoms with Crippen molar-refractivity contribution in [2.75, 3.05) is 12.3 Å². The number of nitrogen functional groups attached to an aromatic ring is 1. The van der Waals surface area contributed by atoms with Crippen LogP contribution in [0.4, 0.5) is 5.82 Å². The minimum atomic E-state index is -0.543. The minimum Gasteiger partial charge on any atom is -0.392 e. The first-order valence-electron chi connectivity index (χ1n) is 5.76. The molecule has 3 rings (SSSR count). The van der Waals surface area contributed by atoms with Crippen LogP contribution in [0.5, 0.6) is 0 Å². The maximum atomic E-state index is 10.0. The molecule has 0 saturated carbocycles. The Kier molecular flexibility index (Phi) is 2.53. The number of nitrogens with two attached hydrogens (primary N) is 1. The van der Waals surface area contributed by atoms with E-state index in [9.17, 15) is 5.11 Å². The molecule has 0 radical (unpaired) electrons. The summed E-state index contributed by atoms with van der Waals surface area (Å²) in [5.74, 6) is 0.380. The SMILES string of the molecule is Nc1nccc2c1ncn2C1C=C(CO)C[C@H]1O. The van der Waals surface area contributed by atoms with Crippen molar-refractivity contribution >= 4 is 16.9 Å². The van der Waals surface area contributed by atoms with E-state index in [1.807, 2.05) is 16.7 Å². The number of imidazole rings is 1. The summed E-state index contributed by atoms with van der Waals surface area (Å²) >= 11 is 0. The Morgan fingerprint density at radius 3 is 3.00 bits per heavy atom. The first-order chi connectivity index (χ1) is 8.70. The van der Waals surface area contributed by atoms with Crippen LogP contribution in [0.2, 0.25) is 0 Å². The molecule has 94 valence electrons. The predicted octanol–water partition coefficient (Wildman–Crippen LogP) is 0.238. The summed E-state index contributed by atoms with van der Waals surface area (Å²) in [6, 6.07) is 1.61. The van der Waals surface area contributed by atoms with Crippen molar-refractivity contribution in [3.05, 3.63) is 30.2 Å². The van der Waals surface area contributed by atoms with Crippen LogP contribution in [0, 0.1) is 0 Å². The van der Waals surface area contributed by atoms with Crippen molar-refractivity contribution in [2.24, 2.45) is 0 Å². The quantitative estimate of drug-likeness (QED) is 0.659. The molecule has 2 atom stereocenters. The minimum absolute atomic E-state index is 0.0239. The van der Waals surface area contributed by atoms with E-state index in [0.29, 0.717) is 17.8 Å². The number of pyridine rings is 1. The largest absolute Gasteiger partial charge is 0.392 e. The van der Waals surface area contributed by atoms with Crippen molar-refractivity contribution < 1.29 is 10.2 Å². The van der Waals surface area contributed by atoms with E-state index in [-0.39, 0.29) is 12.6 Å². The molecular formula is C12H14N4O2. The highest BCUT2D eigenvalue weighted by atomic mass is 16.3. The molecule has 0 bridgehead atoms. The van der Waals surface area contributed by atoms with Crippen LogP contribution >= 0.6 is 0 Å². The van der Waals surface area contributed by atoms with Crippen LogP contribution in [0.3, 0.4) is 0 Å². The van der Waals surface area contributed by atoms with Crippen molar-refractivity contribution in [3.63, 3.8) is 0 Å². The van der Waals surface area contributed by atoms with Gasteiger partial charge in [-0.3, -0.25) is 0 Å². The van der Waals surface area contributed by atoms with E-state index >= 15 is 0 Å². The summed E-state index contributed by atoms with van der Waals surface area (Å²) in [5.41, 5.74) is 8.07. The highest BCUT2D eigenvalue weighted by Crippen LogP contribution is 2.31. The lowest BCUT2D eigenvalue weighted by Gasteiger charge is -2.16. The number of rotatable bonds is 2. The summed E-state index contributed by atoms with van der Waals surface area (Å²) < 4.78 is 1.86. The van der Waals surface area contributed by atoms with Gasteiger partial charge in [-0.2, -0.15) is 0 Å². The highest BCUT2D eigenvalue weighted by Gasteiger charge is 2.27. The van der Waals surface area contributed by atoms with E-state index in [1.54, 1.807) is 12.5 Å². The van der Waals surface area contributed by atoms with E-state index in [0.717, 1.165) is 11.1 Å². The zero-order valence-electron chi connectivity index (χ0n) is 9.69. The Bertz CT molecular complexity index is 620. The standard InChI is InChI=1S/C12H14N4O2/c13-12-11-8(1-2-14-12)16(6-15-11)9-3-7(5-17)4-10(9)18/h1-3,6,9-10,17-18H,4-5H2,(H2,13,14)/t9?,10-/m1/s1. The lowest BCUT2D eigenvalue weighted by atomic mass is 10.2. The number of hydrogen-bond donors (Lipinski definition) is 3. The molecule has 0 amide bonds. The highest BCUT2D eigenvalue weighted by molar-refractivity contribution is 5.84. The molecule has 1 unspecified atom stereocenters. The van der Waals surface area contributed by atoms with Crippen LogP contribution in [0.15, 0.2) is 30.2 Å². The third-order valence-electron chi connectivity index (χ3n) is 3.32. The number of aliphatic hydroxyl groups is 2. The van der Waals surface area contributed by atoms with Gasteiger partial charge in [0.1, 0.15) is 5.52 Å². The van der Waals surface area contributed by atoms with Crippen LogP contribution in [0.1, 0.15) is 12.5 Å². The fourth-order valence-electron chi connectivity index (χ4n) is 2.41. The molecule has 2 aromatic rings. The molecule has 6 heteroatoms. The molecule has 6 nitrogen and oxygen atoms in total. The van der Waals surface area contributed by atoms with Gasteiger partial charge in [-0.25, -0.2) is 9.97 Å². The number of aliphatic hydroxyl groups excluding tert-OH is 2. The first-order valence-corrected chi connectivity index (χ1v) is 5.76. The van der Waals surface area contributed by atoms with Crippen LogP contribution < -0.4 is 5.73 Å². The van der Waals surface area contributed by atoms with Gasteiger partial charge in [0, 0.05) is 6.20 Å². The van der Waals surface area contributed by atoms with E-state index in [4.69, 9.17) is 10.8 Å². The number of nitrogens with zero attached hydrogens (tertiary/aromatic N) is 3. The van der Waals surface area contributed by atoms with Crippen molar-refractivity contribution in [3.8, 4) is 0 Å². The summed E-state index contributed by atoms with van der Waals surface area (Å²) in [6.07, 6.45) is 5.09. The van der Waals surface area contributed by atoms with Crippen LogP contribution in [0.25, 0.3) is 11.0 Å². The Labute approximate surface area is 103 Å². The second-order valence-electron chi connectivity index (χ2n) is 4.46. The molecule has 0 saturated heterocycles. The van der Waals surface area contributed by atoms with Gasteiger partial charge < -0.3 is 20.5 Å². The third-order valence-corrected chi connectivity index (χ3v) is 3.32. The Morgan fingerprint density at radius 1 is 1.44 bits per heavy atom. The number of hydrogen-bond acceptors (Lipinski definition) is 5. The van der Waals surface area contributed by atoms with Gasteiger partial charge in [0.2, 0.25) is 0 Å². The monoisotopic (exact) mass is 246 g/mol. The molecule has 2 heterocycles. The van der Waals surface area contributed by atoms with Gasteiger partial charge >= 0.3 is 0 Å². The molecule has 18 heavy (non-hydrogen) atoms. The lowest BCUT2D eigenvalue weighted by Crippen LogP contribution is -2.17. The summed E-state index contributed by atoms with van der Waals surface area (Å²) in [6.45, 7) is -0.0239. The maximum Gasteiger partial charge on any atom is 0.151 e. The number of fused-ring (bicyclic) bond motifs is 1. The Hall–Kier alpha value is -1.92. The normalized spacial score (nSPS) is 23.6. The number of aromatic nitrogens is 3. The number of anilines is 1. The Balaban J connectivity index is 2.10. The van der Waals surface area contributed by atoms with E-state index in [1.165, 1.54) is 0 Å². The van der Waals surface area contributed by atoms with Gasteiger partial charge in [-0.15, -0.1) is 0 Å². The molecule has 0 aliphatic heterocycles. The third kappa shape index (κ3) is 1.58.